The van der Waals surface area contributed by atoms with E-state index in [9.17, 15) is 4.79 Å². The van der Waals surface area contributed by atoms with Crippen molar-refractivity contribution in [1.29, 1.82) is 0 Å². The van der Waals surface area contributed by atoms with Crippen LogP contribution in [0.1, 0.15) is 33.1 Å². The quantitative estimate of drug-likeness (QED) is 0.637. The van der Waals surface area contributed by atoms with Crippen molar-refractivity contribution in [3.63, 3.8) is 0 Å². The van der Waals surface area contributed by atoms with Gasteiger partial charge in [-0.1, -0.05) is 13.3 Å². The molecule has 1 rings (SSSR count). The average Bonchev–Trinajstić information content (AvgIpc) is 2.71. The van der Waals surface area contributed by atoms with Gasteiger partial charge >= 0.3 is 0 Å². The molecule has 4 nitrogen and oxygen atoms in total. The van der Waals surface area contributed by atoms with E-state index in [0.29, 0.717) is 13.2 Å². The second kappa shape index (κ2) is 6.86. The number of amides is 1. The molecule has 0 aliphatic carbocycles. The van der Waals surface area contributed by atoms with Gasteiger partial charge in [0, 0.05) is 19.7 Å². The summed E-state index contributed by atoms with van der Waals surface area (Å²) in [7, 11) is 0. The molecule has 0 bridgehead atoms. The Kier molecular flexibility index (Phi) is 5.77. The lowest BCUT2D eigenvalue weighted by atomic mass is 9.89. The van der Waals surface area contributed by atoms with E-state index in [-0.39, 0.29) is 11.3 Å². The maximum atomic E-state index is 11.8. The number of ether oxygens (including phenoxy) is 1. The van der Waals surface area contributed by atoms with Gasteiger partial charge in [0.1, 0.15) is 0 Å². The molecule has 1 heterocycles. The first kappa shape index (κ1) is 13.5. The predicted molar refractivity (Wildman–Crippen MR) is 64.3 cm³/mol. The van der Waals surface area contributed by atoms with E-state index in [1.165, 1.54) is 0 Å². The average molecular weight is 228 g/mol. The molecule has 2 N–H and O–H groups in total. The third kappa shape index (κ3) is 4.10. The Morgan fingerprint density at radius 3 is 2.94 bits per heavy atom. The summed E-state index contributed by atoms with van der Waals surface area (Å²) in [6.07, 6.45) is 3.17. The van der Waals surface area contributed by atoms with E-state index in [1.54, 1.807) is 0 Å². The van der Waals surface area contributed by atoms with Gasteiger partial charge in [0.2, 0.25) is 5.91 Å². The molecule has 4 heteroatoms. The Morgan fingerprint density at radius 1 is 1.50 bits per heavy atom. The summed E-state index contributed by atoms with van der Waals surface area (Å²) in [5, 5.41) is 6.16. The van der Waals surface area contributed by atoms with Gasteiger partial charge in [0.05, 0.1) is 12.0 Å². The molecule has 0 aromatic heterocycles. The van der Waals surface area contributed by atoms with E-state index < -0.39 is 0 Å². The summed E-state index contributed by atoms with van der Waals surface area (Å²) >= 11 is 0. The largest absolute Gasteiger partial charge is 0.380 e. The van der Waals surface area contributed by atoms with Crippen LogP contribution < -0.4 is 10.6 Å². The lowest BCUT2D eigenvalue weighted by Gasteiger charge is -2.21. The Hall–Kier alpha value is -0.610. The van der Waals surface area contributed by atoms with Gasteiger partial charge in [-0.2, -0.15) is 0 Å². The fraction of sp³-hybridized carbons (Fsp3) is 0.917. The highest BCUT2D eigenvalue weighted by Gasteiger charge is 2.35. The molecule has 0 aromatic rings. The first-order chi connectivity index (χ1) is 7.69. The fourth-order valence-corrected chi connectivity index (χ4v) is 1.81. The first-order valence-electron chi connectivity index (χ1n) is 6.26. The monoisotopic (exact) mass is 228 g/mol. The van der Waals surface area contributed by atoms with Crippen LogP contribution in [0.15, 0.2) is 0 Å². The molecule has 1 fully saturated rings. The number of hydrogen-bond acceptors (Lipinski definition) is 3. The summed E-state index contributed by atoms with van der Waals surface area (Å²) < 4.78 is 5.39. The molecule has 0 saturated carbocycles. The van der Waals surface area contributed by atoms with E-state index in [4.69, 9.17) is 4.74 Å². The number of rotatable bonds is 7. The molecule has 1 unspecified atom stereocenters. The van der Waals surface area contributed by atoms with Gasteiger partial charge in [-0.25, -0.2) is 0 Å². The number of hydrogen-bond donors (Lipinski definition) is 2. The second-order valence-electron chi connectivity index (χ2n) is 4.71. The van der Waals surface area contributed by atoms with Crippen molar-refractivity contribution in [3.8, 4) is 0 Å². The molecule has 1 atom stereocenters. The summed E-state index contributed by atoms with van der Waals surface area (Å²) in [6, 6.07) is 0. The van der Waals surface area contributed by atoms with Crippen molar-refractivity contribution in [2.45, 2.75) is 33.1 Å². The molecule has 1 aliphatic rings. The van der Waals surface area contributed by atoms with Gasteiger partial charge in [-0.3, -0.25) is 4.79 Å². The van der Waals surface area contributed by atoms with Crippen molar-refractivity contribution >= 4 is 5.91 Å². The van der Waals surface area contributed by atoms with Crippen LogP contribution in [0.4, 0.5) is 0 Å². The highest BCUT2D eigenvalue weighted by Crippen LogP contribution is 2.24. The van der Waals surface area contributed by atoms with Crippen molar-refractivity contribution in [3.05, 3.63) is 0 Å². The summed E-state index contributed by atoms with van der Waals surface area (Å²) in [6.45, 7) is 7.92. The van der Waals surface area contributed by atoms with Gasteiger partial charge in [-0.05, 0) is 26.3 Å². The first-order valence-corrected chi connectivity index (χ1v) is 6.26. The highest BCUT2D eigenvalue weighted by molar-refractivity contribution is 5.82. The van der Waals surface area contributed by atoms with Crippen LogP contribution in [0.2, 0.25) is 0 Å². The van der Waals surface area contributed by atoms with E-state index in [0.717, 1.165) is 39.0 Å². The van der Waals surface area contributed by atoms with Crippen molar-refractivity contribution in [1.82, 2.24) is 10.6 Å². The molecule has 0 radical (unpaired) electrons. The zero-order valence-corrected chi connectivity index (χ0v) is 10.5. The predicted octanol–water partition coefficient (Wildman–Crippen LogP) is 0.919. The number of carbonyl (C=O) groups excluding carboxylic acids is 1. The Morgan fingerprint density at radius 2 is 2.31 bits per heavy atom. The van der Waals surface area contributed by atoms with Crippen LogP contribution in [-0.4, -0.2) is 38.8 Å². The van der Waals surface area contributed by atoms with Gasteiger partial charge < -0.3 is 15.4 Å². The normalized spacial score (nSPS) is 24.6. The molecule has 94 valence electrons. The molecule has 1 amide bonds. The van der Waals surface area contributed by atoms with Crippen LogP contribution in [0.3, 0.4) is 0 Å². The minimum absolute atomic E-state index is 0.150. The smallest absolute Gasteiger partial charge is 0.227 e. The number of unbranched alkanes of at least 4 members (excludes halogenated alkanes) is 1. The lowest BCUT2D eigenvalue weighted by molar-refractivity contribution is -0.129. The van der Waals surface area contributed by atoms with Gasteiger partial charge in [0.15, 0.2) is 0 Å². The third-order valence-corrected chi connectivity index (χ3v) is 3.09. The van der Waals surface area contributed by atoms with Crippen molar-refractivity contribution in [2.24, 2.45) is 5.41 Å². The van der Waals surface area contributed by atoms with E-state index in [2.05, 4.69) is 17.6 Å². The van der Waals surface area contributed by atoms with Crippen LogP contribution in [0.25, 0.3) is 0 Å². The molecule has 0 spiro atoms. The molecule has 16 heavy (non-hydrogen) atoms. The SMILES string of the molecule is CCCCOCCNC(=O)C1(C)CCNC1. The topological polar surface area (TPSA) is 50.4 Å². The highest BCUT2D eigenvalue weighted by atomic mass is 16.5. The fourth-order valence-electron chi connectivity index (χ4n) is 1.81. The Labute approximate surface area is 98.1 Å². The van der Waals surface area contributed by atoms with Gasteiger partial charge in [-0.15, -0.1) is 0 Å². The van der Waals surface area contributed by atoms with Crippen molar-refractivity contribution in [2.75, 3.05) is 32.8 Å². The lowest BCUT2D eigenvalue weighted by Crippen LogP contribution is -2.41. The maximum absolute atomic E-state index is 11.8. The van der Waals surface area contributed by atoms with Crippen LogP contribution in [0.5, 0.6) is 0 Å². The maximum Gasteiger partial charge on any atom is 0.227 e. The van der Waals surface area contributed by atoms with Crippen LogP contribution in [0, 0.1) is 5.41 Å². The molecule has 1 aliphatic heterocycles. The van der Waals surface area contributed by atoms with E-state index >= 15 is 0 Å². The zero-order valence-electron chi connectivity index (χ0n) is 10.5. The van der Waals surface area contributed by atoms with Gasteiger partial charge in [0.25, 0.3) is 0 Å². The number of carbonyl (C=O) groups is 1. The Bertz CT molecular complexity index is 213. The molecule has 0 aromatic carbocycles. The minimum Gasteiger partial charge on any atom is -0.380 e. The molecule has 1 saturated heterocycles. The standard InChI is InChI=1S/C12H24N2O2/c1-3-4-8-16-9-7-14-11(15)12(2)5-6-13-10-12/h13H,3-10H2,1-2H3,(H,14,15). The summed E-state index contributed by atoms with van der Waals surface area (Å²) in [5.41, 5.74) is -0.219. The van der Waals surface area contributed by atoms with Crippen LogP contribution >= 0.6 is 0 Å². The Balaban J connectivity index is 2.06. The van der Waals surface area contributed by atoms with Crippen LogP contribution in [-0.2, 0) is 9.53 Å². The molecular weight excluding hydrogens is 204 g/mol. The zero-order chi connectivity index (χ0) is 11.9. The number of nitrogens with one attached hydrogen (secondary N) is 2. The summed E-state index contributed by atoms with van der Waals surface area (Å²) in [4.78, 5) is 11.8. The van der Waals surface area contributed by atoms with E-state index in [1.807, 2.05) is 6.92 Å². The second-order valence-corrected chi connectivity index (χ2v) is 4.71. The molecular formula is C12H24N2O2. The minimum atomic E-state index is -0.219. The third-order valence-electron chi connectivity index (χ3n) is 3.09. The van der Waals surface area contributed by atoms with Crippen molar-refractivity contribution < 1.29 is 9.53 Å². The summed E-state index contributed by atoms with van der Waals surface area (Å²) in [5.74, 6) is 0.150.